The van der Waals surface area contributed by atoms with E-state index in [4.69, 9.17) is 9.47 Å². The van der Waals surface area contributed by atoms with Crippen LogP contribution in [0.1, 0.15) is 65.7 Å². The second kappa shape index (κ2) is 13.6. The van der Waals surface area contributed by atoms with E-state index in [2.05, 4.69) is 18.5 Å². The summed E-state index contributed by atoms with van der Waals surface area (Å²) >= 11 is 0. The Morgan fingerprint density at radius 3 is 2.67 bits per heavy atom. The zero-order chi connectivity index (χ0) is 28.7. The maximum atomic E-state index is 14.1. The number of hydrogen-bond acceptors (Lipinski definition) is 7. The molecule has 0 aromatic carbocycles. The molecule has 1 spiro atoms. The van der Waals surface area contributed by atoms with Crippen molar-refractivity contribution in [1.82, 2.24) is 15.1 Å². The molecule has 0 aromatic heterocycles. The minimum absolute atomic E-state index is 0.146. The summed E-state index contributed by atoms with van der Waals surface area (Å²) in [6.45, 7) is 13.7. The number of nitrogens with one attached hydrogen (secondary N) is 1. The number of carbonyl (C=O) groups excluding carboxylic acids is 4. The van der Waals surface area contributed by atoms with E-state index in [9.17, 15) is 24.3 Å². The Morgan fingerprint density at radius 1 is 1.31 bits per heavy atom. The summed E-state index contributed by atoms with van der Waals surface area (Å²) in [5.74, 6) is -3.04. The monoisotopic (exact) mass is 547 g/mol. The van der Waals surface area contributed by atoms with Gasteiger partial charge in [-0.2, -0.15) is 0 Å². The van der Waals surface area contributed by atoms with Crippen LogP contribution in [-0.2, 0) is 28.7 Å². The molecule has 218 valence electrons. The molecule has 39 heavy (non-hydrogen) atoms. The fraction of sp³-hybridized carbons (Fsp3) is 0.724. The minimum Gasteiger partial charge on any atom is -0.460 e. The molecule has 0 aliphatic carbocycles. The van der Waals surface area contributed by atoms with Gasteiger partial charge in [0.1, 0.15) is 17.7 Å². The Labute approximate surface area is 231 Å². The topological polar surface area (TPSA) is 125 Å². The molecule has 10 nitrogen and oxygen atoms in total. The Morgan fingerprint density at radius 2 is 2.05 bits per heavy atom. The first-order valence-electron chi connectivity index (χ1n) is 14.3. The van der Waals surface area contributed by atoms with E-state index in [1.165, 1.54) is 4.90 Å². The predicted octanol–water partition coefficient (Wildman–Crippen LogP) is 1.96. The predicted molar refractivity (Wildman–Crippen MR) is 145 cm³/mol. The molecule has 0 aromatic rings. The number of esters is 1. The van der Waals surface area contributed by atoms with Gasteiger partial charge in [0.05, 0.1) is 37.1 Å². The quantitative estimate of drug-likeness (QED) is 0.224. The number of amides is 3. The van der Waals surface area contributed by atoms with Gasteiger partial charge in [0.25, 0.3) is 0 Å². The van der Waals surface area contributed by atoms with E-state index in [1.54, 1.807) is 24.0 Å². The highest BCUT2D eigenvalue weighted by Crippen LogP contribution is 2.59. The van der Waals surface area contributed by atoms with Gasteiger partial charge < -0.3 is 29.7 Å². The van der Waals surface area contributed by atoms with Gasteiger partial charge >= 0.3 is 5.97 Å². The summed E-state index contributed by atoms with van der Waals surface area (Å²) in [6.07, 6.45) is 6.19. The van der Waals surface area contributed by atoms with Crippen LogP contribution in [-0.4, -0.2) is 94.7 Å². The largest absolute Gasteiger partial charge is 0.460 e. The number of likely N-dealkylation sites (tertiary alicyclic amines) is 1. The number of allylic oxidation sites excluding steroid dienone is 1. The van der Waals surface area contributed by atoms with Crippen molar-refractivity contribution in [3.8, 4) is 0 Å². The van der Waals surface area contributed by atoms with Gasteiger partial charge in [-0.25, -0.2) is 0 Å². The summed E-state index contributed by atoms with van der Waals surface area (Å²) in [5.41, 5.74) is -1.15. The molecule has 3 fully saturated rings. The normalized spacial score (nSPS) is 28.5. The lowest BCUT2D eigenvalue weighted by molar-refractivity contribution is -0.160. The van der Waals surface area contributed by atoms with E-state index < -0.39 is 47.7 Å². The molecule has 3 heterocycles. The second-order valence-electron chi connectivity index (χ2n) is 10.9. The third kappa shape index (κ3) is 6.06. The molecule has 2 N–H and O–H groups in total. The first-order chi connectivity index (χ1) is 18.7. The van der Waals surface area contributed by atoms with Crippen molar-refractivity contribution in [3.63, 3.8) is 0 Å². The number of nitrogens with zero attached hydrogens (tertiary/aromatic N) is 2. The molecule has 0 unspecified atom stereocenters. The summed E-state index contributed by atoms with van der Waals surface area (Å²) in [6, 6.07) is -1.51. The van der Waals surface area contributed by atoms with Gasteiger partial charge in [0.15, 0.2) is 0 Å². The fourth-order valence-electron chi connectivity index (χ4n) is 6.31. The van der Waals surface area contributed by atoms with Crippen LogP contribution in [0, 0.1) is 11.8 Å². The van der Waals surface area contributed by atoms with Crippen molar-refractivity contribution in [3.05, 3.63) is 25.3 Å². The molecule has 3 aliphatic rings. The number of aliphatic hydroxyl groups is 1. The van der Waals surface area contributed by atoms with E-state index in [0.717, 1.165) is 12.8 Å². The molecule has 3 aliphatic heterocycles. The van der Waals surface area contributed by atoms with Crippen molar-refractivity contribution >= 4 is 23.7 Å². The Bertz CT molecular complexity index is 936. The highest BCUT2D eigenvalue weighted by molar-refractivity contribution is 5.98. The highest BCUT2D eigenvalue weighted by atomic mass is 16.6. The maximum absolute atomic E-state index is 14.1. The first kappa shape index (κ1) is 30.8. The van der Waals surface area contributed by atoms with Crippen LogP contribution >= 0.6 is 0 Å². The highest BCUT2D eigenvalue weighted by Gasteiger charge is 2.75. The average Bonchev–Trinajstić information content (AvgIpc) is 3.56. The average molecular weight is 548 g/mol. The molecule has 0 saturated carbocycles. The standard InChI is InChI=1S/C29H45N3O7/c1-6-10-12-22(34)30-17-19(5)38-28(37)23-21-13-14-29(39-21)24(23)26(35)32(20(9-4)18-33)25(29)27(36)31(15-8-3)16-11-7-2/h6,8,19-21,23-25,33H,1,3,7,9-18H2,2,4-5H3,(H,30,34)/t19-,20+,21-,23+,24+,25-,29+/m1/s1. The molecule has 7 atom stereocenters. The van der Waals surface area contributed by atoms with Gasteiger partial charge in [0, 0.05) is 19.5 Å². The molecule has 3 amide bonds. The summed E-state index contributed by atoms with van der Waals surface area (Å²) in [4.78, 5) is 56.7. The number of unbranched alkanes of at least 4 members (excludes halogenated alkanes) is 1. The van der Waals surface area contributed by atoms with Crippen molar-refractivity contribution in [2.75, 3.05) is 26.2 Å². The Balaban J connectivity index is 1.86. The van der Waals surface area contributed by atoms with Crippen molar-refractivity contribution in [1.29, 1.82) is 0 Å². The van der Waals surface area contributed by atoms with Gasteiger partial charge in [-0.1, -0.05) is 32.4 Å². The fourth-order valence-corrected chi connectivity index (χ4v) is 6.31. The molecule has 10 heteroatoms. The number of aliphatic hydroxyl groups excluding tert-OH is 1. The zero-order valence-corrected chi connectivity index (χ0v) is 23.6. The molecule has 3 saturated heterocycles. The maximum Gasteiger partial charge on any atom is 0.312 e. The number of rotatable bonds is 16. The molecule has 2 bridgehead atoms. The van der Waals surface area contributed by atoms with E-state index in [0.29, 0.717) is 45.2 Å². The van der Waals surface area contributed by atoms with Gasteiger partial charge in [-0.3, -0.25) is 19.2 Å². The number of ether oxygens (including phenoxy) is 2. The van der Waals surface area contributed by atoms with Crippen molar-refractivity contribution < 1.29 is 33.8 Å². The van der Waals surface area contributed by atoms with Crippen LogP contribution in [0.3, 0.4) is 0 Å². The molecular weight excluding hydrogens is 502 g/mol. The number of carbonyl (C=O) groups is 4. The van der Waals surface area contributed by atoms with Gasteiger partial charge in [-0.15, -0.1) is 13.2 Å². The second-order valence-corrected chi connectivity index (χ2v) is 10.9. The Kier molecular flexibility index (Phi) is 10.7. The molecule has 3 rings (SSSR count). The Hall–Kier alpha value is -2.72. The lowest BCUT2D eigenvalue weighted by atomic mass is 9.70. The smallest absolute Gasteiger partial charge is 0.312 e. The van der Waals surface area contributed by atoms with E-state index >= 15 is 0 Å². The molecular formula is C29H45N3O7. The zero-order valence-electron chi connectivity index (χ0n) is 23.6. The summed E-state index contributed by atoms with van der Waals surface area (Å²) in [5, 5.41) is 12.9. The lowest BCUT2D eigenvalue weighted by Crippen LogP contribution is -2.58. The van der Waals surface area contributed by atoms with Gasteiger partial charge in [-0.05, 0) is 39.0 Å². The minimum atomic E-state index is -1.15. The SMILES string of the molecule is C=CCCC(=O)NC[C@@H](C)OC(=O)[C@@H]1[C@H]2C(=O)N([C@@H](CC)CO)[C@H](C(=O)N(CC=C)CCCC)[C@]23CC[C@H]1O3. The summed E-state index contributed by atoms with van der Waals surface area (Å²) in [7, 11) is 0. The molecule has 0 radical (unpaired) electrons. The van der Waals surface area contributed by atoms with E-state index in [-0.39, 0.29) is 30.9 Å². The van der Waals surface area contributed by atoms with Crippen LogP contribution < -0.4 is 5.32 Å². The third-order valence-corrected chi connectivity index (χ3v) is 8.24. The van der Waals surface area contributed by atoms with Crippen LogP contribution in [0.4, 0.5) is 0 Å². The van der Waals surface area contributed by atoms with Crippen LogP contribution in [0.5, 0.6) is 0 Å². The summed E-state index contributed by atoms with van der Waals surface area (Å²) < 4.78 is 12.1. The lowest BCUT2D eigenvalue weighted by Gasteiger charge is -2.39. The number of hydrogen-bond donors (Lipinski definition) is 2. The van der Waals surface area contributed by atoms with Crippen LogP contribution in [0.15, 0.2) is 25.3 Å². The van der Waals surface area contributed by atoms with Crippen molar-refractivity contribution in [2.24, 2.45) is 11.8 Å². The first-order valence-corrected chi connectivity index (χ1v) is 14.3. The van der Waals surface area contributed by atoms with Crippen LogP contribution in [0.25, 0.3) is 0 Å². The van der Waals surface area contributed by atoms with Gasteiger partial charge in [0.2, 0.25) is 17.7 Å². The third-order valence-electron chi connectivity index (χ3n) is 8.24. The van der Waals surface area contributed by atoms with Crippen LogP contribution in [0.2, 0.25) is 0 Å². The van der Waals surface area contributed by atoms with E-state index in [1.807, 2.05) is 13.8 Å². The van der Waals surface area contributed by atoms with Crippen molar-refractivity contribution in [2.45, 2.75) is 95.6 Å². The number of fused-ring (bicyclic) bond motifs is 1.